The van der Waals surface area contributed by atoms with Crippen molar-refractivity contribution in [1.82, 2.24) is 9.84 Å². The maximum absolute atomic E-state index is 12.6. The Balaban J connectivity index is 2.26. The molecule has 0 bridgehead atoms. The zero-order chi connectivity index (χ0) is 14.8. The molecule has 112 valence electrons. The molecule has 2 unspecified atom stereocenters. The third-order valence-corrected chi connectivity index (χ3v) is 5.25. The van der Waals surface area contributed by atoms with E-state index in [0.717, 1.165) is 19.3 Å². The molecule has 1 aliphatic rings. The maximum Gasteiger partial charge on any atom is 0.255 e. The molecule has 1 aromatic rings. The van der Waals surface area contributed by atoms with E-state index < -0.39 is 10.0 Å². The number of hydrazine groups is 1. The lowest BCUT2D eigenvalue weighted by atomic mass is 10.0. The van der Waals surface area contributed by atoms with Crippen molar-refractivity contribution in [2.24, 2.45) is 0 Å². The molecule has 5 nitrogen and oxygen atoms in total. The molecule has 6 heteroatoms. The second kappa shape index (κ2) is 6.11. The third-order valence-electron chi connectivity index (χ3n) is 3.87. The Bertz CT molecular complexity index is 549. The molecule has 1 heterocycles. The summed E-state index contributed by atoms with van der Waals surface area (Å²) in [5.74, 6) is 0. The van der Waals surface area contributed by atoms with E-state index in [9.17, 15) is 8.42 Å². The van der Waals surface area contributed by atoms with Crippen LogP contribution < -0.4 is 10.1 Å². The van der Waals surface area contributed by atoms with E-state index >= 15 is 0 Å². The Morgan fingerprint density at radius 1 is 1.15 bits per heavy atom. The summed E-state index contributed by atoms with van der Waals surface area (Å²) < 4.78 is 25.2. The van der Waals surface area contributed by atoms with Gasteiger partial charge in [-0.15, -0.1) is 4.83 Å². The number of hydrogen-bond donors (Lipinski definition) is 2. The highest BCUT2D eigenvalue weighted by Gasteiger charge is 2.29. The van der Waals surface area contributed by atoms with Gasteiger partial charge in [0.05, 0.1) is 5.69 Å². The van der Waals surface area contributed by atoms with Gasteiger partial charge < -0.3 is 5.32 Å². The van der Waals surface area contributed by atoms with Crippen LogP contribution in [0.5, 0.6) is 0 Å². The number of anilines is 1. The van der Waals surface area contributed by atoms with Gasteiger partial charge in [0.1, 0.15) is 4.90 Å². The van der Waals surface area contributed by atoms with Crippen LogP contribution in [0.25, 0.3) is 0 Å². The largest absolute Gasteiger partial charge is 0.387 e. The van der Waals surface area contributed by atoms with E-state index in [4.69, 9.17) is 0 Å². The average Bonchev–Trinajstić information content (AvgIpc) is 2.43. The summed E-state index contributed by atoms with van der Waals surface area (Å²) in [6.45, 7) is 4.12. The van der Waals surface area contributed by atoms with E-state index in [1.54, 1.807) is 25.2 Å². The molecule has 0 aromatic heterocycles. The van der Waals surface area contributed by atoms with E-state index in [-0.39, 0.29) is 17.0 Å². The van der Waals surface area contributed by atoms with Crippen LogP contribution in [-0.2, 0) is 10.0 Å². The Morgan fingerprint density at radius 3 is 2.35 bits per heavy atom. The SMILES string of the molecule is CNc1ccccc1S(=O)(=O)NN1C(C)CCCC1C. The van der Waals surface area contributed by atoms with Gasteiger partial charge >= 0.3 is 0 Å². The van der Waals surface area contributed by atoms with Crippen LogP contribution in [0.4, 0.5) is 5.69 Å². The third kappa shape index (κ3) is 3.13. The second-order valence-corrected chi connectivity index (χ2v) is 7.01. The minimum absolute atomic E-state index is 0.218. The summed E-state index contributed by atoms with van der Waals surface area (Å²) >= 11 is 0. The first-order valence-electron chi connectivity index (χ1n) is 7.03. The Kier molecular flexibility index (Phi) is 4.67. The van der Waals surface area contributed by atoms with Crippen LogP contribution in [0.3, 0.4) is 0 Å². The quantitative estimate of drug-likeness (QED) is 0.894. The van der Waals surface area contributed by atoms with Crippen LogP contribution in [0.2, 0.25) is 0 Å². The molecule has 1 aliphatic heterocycles. The fraction of sp³-hybridized carbons (Fsp3) is 0.571. The van der Waals surface area contributed by atoms with Crippen LogP contribution in [0, 0.1) is 0 Å². The summed E-state index contributed by atoms with van der Waals surface area (Å²) in [5, 5.41) is 4.79. The van der Waals surface area contributed by atoms with Crippen LogP contribution >= 0.6 is 0 Å². The minimum Gasteiger partial charge on any atom is -0.387 e. The molecule has 0 aliphatic carbocycles. The normalized spacial score (nSPS) is 24.6. The summed E-state index contributed by atoms with van der Waals surface area (Å²) in [4.78, 5) is 3.04. The summed E-state index contributed by atoms with van der Waals surface area (Å²) in [6, 6.07) is 7.37. The van der Waals surface area contributed by atoms with Crippen molar-refractivity contribution in [3.05, 3.63) is 24.3 Å². The van der Waals surface area contributed by atoms with Crippen molar-refractivity contribution in [2.75, 3.05) is 12.4 Å². The van der Waals surface area contributed by atoms with E-state index in [1.165, 1.54) is 0 Å². The molecule has 2 N–H and O–H groups in total. The highest BCUT2D eigenvalue weighted by molar-refractivity contribution is 7.89. The smallest absolute Gasteiger partial charge is 0.255 e. The first-order valence-corrected chi connectivity index (χ1v) is 8.51. The Morgan fingerprint density at radius 2 is 1.75 bits per heavy atom. The fourth-order valence-corrected chi connectivity index (χ4v) is 4.15. The number of para-hydroxylation sites is 1. The highest BCUT2D eigenvalue weighted by Crippen LogP contribution is 2.24. The molecule has 0 spiro atoms. The van der Waals surface area contributed by atoms with Gasteiger partial charge in [0.25, 0.3) is 10.0 Å². The predicted molar refractivity (Wildman–Crippen MR) is 80.9 cm³/mol. The Labute approximate surface area is 121 Å². The van der Waals surface area contributed by atoms with Crippen molar-refractivity contribution >= 4 is 15.7 Å². The topological polar surface area (TPSA) is 61.4 Å². The molecular formula is C14H23N3O2S. The predicted octanol–water partition coefficient (Wildman–Crippen LogP) is 2.18. The lowest BCUT2D eigenvalue weighted by Crippen LogP contribution is -2.53. The molecule has 1 fully saturated rings. The molecule has 2 atom stereocenters. The van der Waals surface area contributed by atoms with Gasteiger partial charge in [-0.3, -0.25) is 0 Å². The minimum atomic E-state index is -3.56. The first-order chi connectivity index (χ1) is 9.45. The van der Waals surface area contributed by atoms with Crippen molar-refractivity contribution in [2.45, 2.75) is 50.1 Å². The van der Waals surface area contributed by atoms with Gasteiger partial charge in [-0.1, -0.05) is 18.6 Å². The van der Waals surface area contributed by atoms with Gasteiger partial charge in [-0.05, 0) is 38.8 Å². The number of sulfonamides is 1. The number of nitrogens with zero attached hydrogens (tertiary/aromatic N) is 1. The van der Waals surface area contributed by atoms with Crippen molar-refractivity contribution < 1.29 is 8.42 Å². The van der Waals surface area contributed by atoms with Gasteiger partial charge in [-0.25, -0.2) is 13.4 Å². The summed E-state index contributed by atoms with van der Waals surface area (Å²) in [7, 11) is -1.83. The second-order valence-electron chi connectivity index (χ2n) is 5.38. The average molecular weight is 297 g/mol. The van der Waals surface area contributed by atoms with Crippen LogP contribution in [0.1, 0.15) is 33.1 Å². The number of hydrogen-bond acceptors (Lipinski definition) is 4. The van der Waals surface area contributed by atoms with E-state index in [0.29, 0.717) is 5.69 Å². The van der Waals surface area contributed by atoms with E-state index in [1.807, 2.05) is 11.1 Å². The van der Waals surface area contributed by atoms with Crippen LogP contribution in [0.15, 0.2) is 29.2 Å². The molecule has 0 radical (unpaired) electrons. The maximum atomic E-state index is 12.6. The monoisotopic (exact) mass is 297 g/mol. The van der Waals surface area contributed by atoms with E-state index in [2.05, 4.69) is 24.0 Å². The number of rotatable bonds is 4. The summed E-state index contributed by atoms with van der Waals surface area (Å²) in [6.07, 6.45) is 3.18. The molecule has 0 amide bonds. The molecule has 1 saturated heterocycles. The van der Waals surface area contributed by atoms with Gasteiger partial charge in [0.2, 0.25) is 0 Å². The molecule has 2 rings (SSSR count). The van der Waals surface area contributed by atoms with Crippen molar-refractivity contribution in [1.29, 1.82) is 0 Å². The summed E-state index contributed by atoms with van der Waals surface area (Å²) in [5.41, 5.74) is 0.609. The van der Waals surface area contributed by atoms with Crippen LogP contribution in [-0.4, -0.2) is 32.6 Å². The molecule has 20 heavy (non-hydrogen) atoms. The number of benzene rings is 1. The standard InChI is InChI=1S/C14H23N3O2S/c1-11-7-6-8-12(2)17(11)16-20(18,19)14-10-5-4-9-13(14)15-3/h4-5,9-12,15-16H,6-8H2,1-3H3. The number of piperidine rings is 1. The van der Waals surface area contributed by atoms with Gasteiger partial charge in [0, 0.05) is 19.1 Å². The first kappa shape index (κ1) is 15.3. The molecule has 1 aromatic carbocycles. The number of nitrogens with one attached hydrogen (secondary N) is 2. The molecular weight excluding hydrogens is 274 g/mol. The highest BCUT2D eigenvalue weighted by atomic mass is 32.2. The lowest BCUT2D eigenvalue weighted by Gasteiger charge is -2.38. The Hall–Kier alpha value is -1.11. The van der Waals surface area contributed by atoms with Gasteiger partial charge in [0.15, 0.2) is 0 Å². The lowest BCUT2D eigenvalue weighted by molar-refractivity contribution is 0.0790. The fourth-order valence-electron chi connectivity index (χ4n) is 2.70. The molecule has 0 saturated carbocycles. The zero-order valence-corrected chi connectivity index (χ0v) is 13.1. The zero-order valence-electron chi connectivity index (χ0n) is 12.3. The van der Waals surface area contributed by atoms with Gasteiger partial charge in [-0.2, -0.15) is 0 Å². The van der Waals surface area contributed by atoms with Crippen molar-refractivity contribution in [3.8, 4) is 0 Å². The van der Waals surface area contributed by atoms with Crippen molar-refractivity contribution in [3.63, 3.8) is 0 Å².